The summed E-state index contributed by atoms with van der Waals surface area (Å²) in [5.74, 6) is 5.98. The molecule has 0 aliphatic carbocycles. The molecule has 7 heteroatoms. The zero-order valence-electron chi connectivity index (χ0n) is 11.9. The van der Waals surface area contributed by atoms with Crippen LogP contribution in [0.2, 0.25) is 0 Å². The van der Waals surface area contributed by atoms with Crippen LogP contribution >= 0.6 is 0 Å². The van der Waals surface area contributed by atoms with Gasteiger partial charge in [0.2, 0.25) is 0 Å². The van der Waals surface area contributed by atoms with Gasteiger partial charge in [-0.1, -0.05) is 11.8 Å². The Kier molecular flexibility index (Phi) is 4.64. The number of amides is 1. The van der Waals surface area contributed by atoms with Crippen molar-refractivity contribution in [3.8, 4) is 11.8 Å². The number of rotatable bonds is 3. The lowest BCUT2D eigenvalue weighted by molar-refractivity contribution is 0.0932. The summed E-state index contributed by atoms with van der Waals surface area (Å²) in [7, 11) is 1.82. The first-order valence-electron chi connectivity index (χ1n) is 6.41. The summed E-state index contributed by atoms with van der Waals surface area (Å²) in [6, 6.07) is 3.10. The SMILES string of the molecule is CC(NC(=O)c1ccc(C#CCN)cn1)c1nncn1C. The normalized spacial score (nSPS) is 11.4. The van der Waals surface area contributed by atoms with E-state index in [4.69, 9.17) is 5.73 Å². The molecule has 2 rings (SSSR count). The van der Waals surface area contributed by atoms with Crippen LogP contribution in [-0.2, 0) is 7.05 Å². The van der Waals surface area contributed by atoms with E-state index < -0.39 is 0 Å². The van der Waals surface area contributed by atoms with Crippen LogP contribution in [0.1, 0.15) is 34.8 Å². The third kappa shape index (κ3) is 3.64. The van der Waals surface area contributed by atoms with Crippen molar-refractivity contribution < 1.29 is 4.79 Å². The minimum atomic E-state index is -0.274. The molecule has 1 unspecified atom stereocenters. The maximum absolute atomic E-state index is 12.1. The first kappa shape index (κ1) is 14.7. The van der Waals surface area contributed by atoms with Crippen molar-refractivity contribution in [2.75, 3.05) is 6.54 Å². The molecular weight excluding hydrogens is 268 g/mol. The Hall–Kier alpha value is -2.72. The van der Waals surface area contributed by atoms with Gasteiger partial charge >= 0.3 is 0 Å². The van der Waals surface area contributed by atoms with E-state index in [0.717, 1.165) is 5.56 Å². The second-order valence-electron chi connectivity index (χ2n) is 4.43. The molecule has 0 saturated heterocycles. The van der Waals surface area contributed by atoms with Gasteiger partial charge < -0.3 is 15.6 Å². The predicted octanol–water partition coefficient (Wildman–Crippen LogP) is 0.0113. The van der Waals surface area contributed by atoms with Crippen LogP contribution in [0.25, 0.3) is 0 Å². The summed E-state index contributed by atoms with van der Waals surface area (Å²) in [5, 5.41) is 10.6. The highest BCUT2D eigenvalue weighted by Gasteiger charge is 2.15. The third-order valence-electron chi connectivity index (χ3n) is 2.81. The Bertz CT molecular complexity index is 679. The molecule has 21 heavy (non-hydrogen) atoms. The molecular formula is C14H16N6O. The molecule has 0 saturated carbocycles. The topological polar surface area (TPSA) is 98.7 Å². The Balaban J connectivity index is 2.05. The number of nitrogens with two attached hydrogens (primary N) is 1. The van der Waals surface area contributed by atoms with Crippen molar-refractivity contribution >= 4 is 5.91 Å². The number of aryl methyl sites for hydroxylation is 1. The lowest BCUT2D eigenvalue weighted by Crippen LogP contribution is -2.29. The van der Waals surface area contributed by atoms with E-state index in [1.54, 1.807) is 29.2 Å². The van der Waals surface area contributed by atoms with E-state index in [1.807, 2.05) is 14.0 Å². The highest BCUT2D eigenvalue weighted by molar-refractivity contribution is 5.92. The first-order chi connectivity index (χ1) is 10.1. The van der Waals surface area contributed by atoms with Crippen molar-refractivity contribution in [2.24, 2.45) is 12.8 Å². The fourth-order valence-corrected chi connectivity index (χ4v) is 1.77. The number of hydrogen-bond acceptors (Lipinski definition) is 5. The smallest absolute Gasteiger partial charge is 0.270 e. The number of hydrogen-bond donors (Lipinski definition) is 2. The van der Waals surface area contributed by atoms with Crippen LogP contribution in [-0.4, -0.2) is 32.2 Å². The standard InChI is InChI=1S/C14H16N6O/c1-10(13-19-17-9-20(13)2)18-14(21)12-6-5-11(8-16-12)4-3-7-15/h5-6,8-10H,7,15H2,1-2H3,(H,18,21). The van der Waals surface area contributed by atoms with Crippen molar-refractivity contribution in [3.05, 3.63) is 41.7 Å². The van der Waals surface area contributed by atoms with Gasteiger partial charge in [-0.15, -0.1) is 10.2 Å². The monoisotopic (exact) mass is 284 g/mol. The maximum atomic E-state index is 12.1. The van der Waals surface area contributed by atoms with Gasteiger partial charge in [-0.05, 0) is 19.1 Å². The van der Waals surface area contributed by atoms with Gasteiger partial charge in [-0.2, -0.15) is 0 Å². The number of pyridine rings is 1. The van der Waals surface area contributed by atoms with Crippen LogP contribution in [0.15, 0.2) is 24.7 Å². The molecule has 0 fully saturated rings. The minimum absolute atomic E-state index is 0.261. The van der Waals surface area contributed by atoms with Gasteiger partial charge in [-0.25, -0.2) is 4.98 Å². The first-order valence-corrected chi connectivity index (χ1v) is 6.41. The number of carbonyl (C=O) groups excluding carboxylic acids is 1. The molecule has 0 bridgehead atoms. The number of nitrogens with one attached hydrogen (secondary N) is 1. The van der Waals surface area contributed by atoms with Crippen molar-refractivity contribution in [1.29, 1.82) is 0 Å². The van der Waals surface area contributed by atoms with Crippen LogP contribution < -0.4 is 11.1 Å². The van der Waals surface area contributed by atoms with E-state index in [0.29, 0.717) is 11.5 Å². The van der Waals surface area contributed by atoms with E-state index in [2.05, 4.69) is 32.3 Å². The number of carbonyl (C=O) groups is 1. The molecule has 0 spiro atoms. The molecule has 3 N–H and O–H groups in total. The molecule has 2 aromatic rings. The molecule has 7 nitrogen and oxygen atoms in total. The summed E-state index contributed by atoms with van der Waals surface area (Å²) < 4.78 is 1.75. The Labute approximate surface area is 122 Å². The minimum Gasteiger partial charge on any atom is -0.341 e. The average molecular weight is 284 g/mol. The van der Waals surface area contributed by atoms with Gasteiger partial charge in [0.15, 0.2) is 5.82 Å². The zero-order chi connectivity index (χ0) is 15.2. The fourth-order valence-electron chi connectivity index (χ4n) is 1.77. The van der Waals surface area contributed by atoms with Crippen molar-refractivity contribution in [2.45, 2.75) is 13.0 Å². The molecule has 2 heterocycles. The van der Waals surface area contributed by atoms with Crippen molar-refractivity contribution in [3.63, 3.8) is 0 Å². The van der Waals surface area contributed by atoms with Crippen LogP contribution in [0.3, 0.4) is 0 Å². The summed E-state index contributed by atoms with van der Waals surface area (Å²) in [4.78, 5) is 16.2. The van der Waals surface area contributed by atoms with Crippen LogP contribution in [0.5, 0.6) is 0 Å². The van der Waals surface area contributed by atoms with Crippen LogP contribution in [0.4, 0.5) is 0 Å². The molecule has 0 radical (unpaired) electrons. The van der Waals surface area contributed by atoms with Gasteiger partial charge in [0, 0.05) is 18.8 Å². The summed E-state index contributed by atoms with van der Waals surface area (Å²) in [6.45, 7) is 2.13. The maximum Gasteiger partial charge on any atom is 0.270 e. The number of nitrogens with zero attached hydrogens (tertiary/aromatic N) is 4. The second-order valence-corrected chi connectivity index (χ2v) is 4.43. The van der Waals surface area contributed by atoms with Crippen molar-refractivity contribution in [1.82, 2.24) is 25.1 Å². The van der Waals surface area contributed by atoms with Crippen LogP contribution in [0, 0.1) is 11.8 Å². The highest BCUT2D eigenvalue weighted by Crippen LogP contribution is 2.08. The lowest BCUT2D eigenvalue weighted by Gasteiger charge is -2.12. The molecule has 1 amide bonds. The van der Waals surface area contributed by atoms with E-state index in [1.165, 1.54) is 0 Å². The molecule has 0 aliphatic rings. The summed E-state index contributed by atoms with van der Waals surface area (Å²) in [6.07, 6.45) is 3.13. The van der Waals surface area contributed by atoms with Gasteiger partial charge in [0.1, 0.15) is 12.0 Å². The Morgan fingerprint density at radius 1 is 1.52 bits per heavy atom. The molecule has 1 atom stereocenters. The highest BCUT2D eigenvalue weighted by atomic mass is 16.1. The molecule has 0 aromatic carbocycles. The molecule has 108 valence electrons. The summed E-state index contributed by atoms with van der Waals surface area (Å²) in [5.41, 5.74) is 6.34. The predicted molar refractivity (Wildman–Crippen MR) is 77.1 cm³/mol. The summed E-state index contributed by atoms with van der Waals surface area (Å²) >= 11 is 0. The van der Waals surface area contributed by atoms with Gasteiger partial charge in [0.25, 0.3) is 5.91 Å². The Morgan fingerprint density at radius 3 is 2.90 bits per heavy atom. The van der Waals surface area contributed by atoms with Gasteiger partial charge in [-0.3, -0.25) is 4.79 Å². The van der Waals surface area contributed by atoms with E-state index in [9.17, 15) is 4.79 Å². The Morgan fingerprint density at radius 2 is 2.33 bits per heavy atom. The largest absolute Gasteiger partial charge is 0.341 e. The third-order valence-corrected chi connectivity index (χ3v) is 2.81. The molecule has 0 aliphatic heterocycles. The van der Waals surface area contributed by atoms with E-state index >= 15 is 0 Å². The zero-order valence-corrected chi connectivity index (χ0v) is 11.9. The fraction of sp³-hybridized carbons (Fsp3) is 0.286. The molecule has 2 aromatic heterocycles. The quantitative estimate of drug-likeness (QED) is 0.774. The average Bonchev–Trinajstić information content (AvgIpc) is 2.91. The van der Waals surface area contributed by atoms with Gasteiger partial charge in [0.05, 0.1) is 12.6 Å². The second kappa shape index (κ2) is 6.63. The van der Waals surface area contributed by atoms with E-state index in [-0.39, 0.29) is 18.5 Å². The lowest BCUT2D eigenvalue weighted by atomic mass is 10.2. The number of aromatic nitrogens is 4.